The number of carbonyl (C=O) groups is 1. The third kappa shape index (κ3) is 4.63. The highest BCUT2D eigenvalue weighted by Crippen LogP contribution is 2.35. The Bertz CT molecular complexity index is 433. The van der Waals surface area contributed by atoms with Crippen molar-refractivity contribution in [1.82, 2.24) is 0 Å². The summed E-state index contributed by atoms with van der Waals surface area (Å²) in [6, 6.07) is 8.10. The van der Waals surface area contributed by atoms with Crippen molar-refractivity contribution in [2.45, 2.75) is 23.8 Å². The first-order valence-corrected chi connectivity index (χ1v) is 8.93. The Morgan fingerprint density at radius 1 is 1.45 bits per heavy atom. The molecule has 0 saturated carbocycles. The molecular weight excluding hydrogens is 292 g/mol. The molecule has 0 spiro atoms. The predicted octanol–water partition coefficient (Wildman–Crippen LogP) is 3.52. The van der Waals surface area contributed by atoms with Crippen molar-refractivity contribution in [2.75, 3.05) is 18.6 Å². The molecule has 2 atom stereocenters. The molecule has 20 heavy (non-hydrogen) atoms. The van der Waals surface area contributed by atoms with E-state index in [1.54, 1.807) is 7.11 Å². The van der Waals surface area contributed by atoms with Crippen molar-refractivity contribution < 1.29 is 14.6 Å². The van der Waals surface area contributed by atoms with Gasteiger partial charge in [0, 0.05) is 23.2 Å². The molecule has 110 valence electrons. The maximum absolute atomic E-state index is 10.9. The van der Waals surface area contributed by atoms with Gasteiger partial charge in [-0.2, -0.15) is 23.5 Å². The van der Waals surface area contributed by atoms with Crippen LogP contribution in [-0.4, -0.2) is 34.9 Å². The van der Waals surface area contributed by atoms with Crippen LogP contribution in [0, 0.1) is 5.92 Å². The number of ether oxygens (including phenoxy) is 1. The van der Waals surface area contributed by atoms with Gasteiger partial charge in [-0.25, -0.2) is 0 Å². The third-order valence-corrected chi connectivity index (χ3v) is 6.31. The Morgan fingerprint density at radius 3 is 2.85 bits per heavy atom. The summed E-state index contributed by atoms with van der Waals surface area (Å²) in [6.45, 7) is 0. The van der Waals surface area contributed by atoms with Crippen LogP contribution in [0.25, 0.3) is 0 Å². The van der Waals surface area contributed by atoms with Gasteiger partial charge in [-0.15, -0.1) is 0 Å². The number of benzene rings is 1. The second-order valence-corrected chi connectivity index (χ2v) is 7.30. The Morgan fingerprint density at radius 2 is 2.20 bits per heavy atom. The Labute approximate surface area is 128 Å². The van der Waals surface area contributed by atoms with Crippen molar-refractivity contribution in [3.05, 3.63) is 29.8 Å². The monoisotopic (exact) mass is 312 g/mol. The highest BCUT2D eigenvalue weighted by molar-refractivity contribution is 8.03. The molecule has 3 nitrogen and oxygen atoms in total. The van der Waals surface area contributed by atoms with Gasteiger partial charge in [0.2, 0.25) is 0 Å². The molecule has 1 N–H and O–H groups in total. The summed E-state index contributed by atoms with van der Waals surface area (Å²) >= 11 is 3.83. The summed E-state index contributed by atoms with van der Waals surface area (Å²) in [6.07, 6.45) is 1.33. The highest BCUT2D eigenvalue weighted by atomic mass is 32.2. The zero-order valence-corrected chi connectivity index (χ0v) is 13.2. The van der Waals surface area contributed by atoms with E-state index in [0.29, 0.717) is 17.6 Å². The fraction of sp³-hybridized carbons (Fsp3) is 0.533. The highest BCUT2D eigenvalue weighted by Gasteiger charge is 2.27. The van der Waals surface area contributed by atoms with Gasteiger partial charge in [0.25, 0.3) is 0 Å². The van der Waals surface area contributed by atoms with E-state index in [1.165, 1.54) is 5.56 Å². The largest absolute Gasteiger partial charge is 0.497 e. The minimum absolute atomic E-state index is 0.306. The zero-order chi connectivity index (χ0) is 14.4. The number of hydrogen-bond donors (Lipinski definition) is 1. The smallest absolute Gasteiger partial charge is 0.303 e. The molecule has 2 unspecified atom stereocenters. The molecule has 1 aliphatic rings. The minimum atomic E-state index is -0.669. The maximum atomic E-state index is 10.9. The van der Waals surface area contributed by atoms with E-state index in [-0.39, 0.29) is 0 Å². The number of carboxylic acids is 1. The molecule has 2 rings (SSSR count). The number of thioether (sulfide) groups is 2. The van der Waals surface area contributed by atoms with Crippen LogP contribution in [0.1, 0.15) is 18.4 Å². The fourth-order valence-electron chi connectivity index (χ4n) is 2.32. The van der Waals surface area contributed by atoms with E-state index >= 15 is 0 Å². The van der Waals surface area contributed by atoms with Crippen LogP contribution in [-0.2, 0) is 10.5 Å². The average Bonchev–Trinajstić information content (AvgIpc) is 2.46. The van der Waals surface area contributed by atoms with E-state index < -0.39 is 5.97 Å². The van der Waals surface area contributed by atoms with Gasteiger partial charge >= 0.3 is 5.97 Å². The number of rotatable bonds is 6. The molecule has 1 heterocycles. The lowest BCUT2D eigenvalue weighted by Gasteiger charge is -2.29. The van der Waals surface area contributed by atoms with Gasteiger partial charge in [0.1, 0.15) is 5.75 Å². The molecule has 0 aliphatic carbocycles. The van der Waals surface area contributed by atoms with Gasteiger partial charge in [-0.1, -0.05) is 12.1 Å². The topological polar surface area (TPSA) is 46.5 Å². The van der Waals surface area contributed by atoms with Crippen molar-refractivity contribution in [1.29, 1.82) is 0 Å². The lowest BCUT2D eigenvalue weighted by Crippen LogP contribution is -2.27. The Kier molecular flexibility index (Phi) is 6.10. The first-order chi connectivity index (χ1) is 9.69. The molecule has 5 heteroatoms. The van der Waals surface area contributed by atoms with Crippen molar-refractivity contribution in [2.24, 2.45) is 5.92 Å². The number of carboxylic acid groups (broad SMARTS) is 1. The van der Waals surface area contributed by atoms with Gasteiger partial charge in [0.15, 0.2) is 0 Å². The normalized spacial score (nSPS) is 22.4. The zero-order valence-electron chi connectivity index (χ0n) is 11.6. The van der Waals surface area contributed by atoms with Crippen LogP contribution < -0.4 is 4.74 Å². The predicted molar refractivity (Wildman–Crippen MR) is 85.8 cm³/mol. The Hall–Kier alpha value is -0.810. The fourth-order valence-corrected chi connectivity index (χ4v) is 5.24. The summed E-state index contributed by atoms with van der Waals surface area (Å²) in [5, 5.41) is 9.45. The van der Waals surface area contributed by atoms with E-state index in [9.17, 15) is 4.79 Å². The van der Waals surface area contributed by atoms with Gasteiger partial charge in [-0.05, 0) is 35.8 Å². The van der Waals surface area contributed by atoms with Crippen LogP contribution >= 0.6 is 23.5 Å². The molecule has 0 aromatic heterocycles. The molecule has 1 aliphatic heterocycles. The maximum Gasteiger partial charge on any atom is 0.303 e. The molecular formula is C15H20O3S2. The van der Waals surface area contributed by atoms with Crippen LogP contribution in [0.3, 0.4) is 0 Å². The molecule has 0 bridgehead atoms. The number of hydrogen-bond acceptors (Lipinski definition) is 4. The summed E-state index contributed by atoms with van der Waals surface area (Å²) in [7, 11) is 1.67. The van der Waals surface area contributed by atoms with Crippen LogP contribution in [0.4, 0.5) is 0 Å². The van der Waals surface area contributed by atoms with Crippen molar-refractivity contribution >= 4 is 29.5 Å². The summed E-state index contributed by atoms with van der Waals surface area (Å²) < 4.78 is 5.15. The van der Waals surface area contributed by atoms with E-state index in [0.717, 1.165) is 29.4 Å². The van der Waals surface area contributed by atoms with Gasteiger partial charge in [-0.3, -0.25) is 4.79 Å². The lowest BCUT2D eigenvalue weighted by atomic mass is 9.98. The standard InChI is InChI=1S/C15H20O3S2/c1-18-13-4-2-11(3-5-13)9-20-14-10-19-7-6-12(14)8-15(16)17/h2-5,12,14H,6-10H2,1H3,(H,16,17). The first kappa shape index (κ1) is 15.6. The third-order valence-electron chi connectivity index (χ3n) is 3.50. The van der Waals surface area contributed by atoms with Crippen molar-refractivity contribution in [3.8, 4) is 5.75 Å². The number of aliphatic carboxylic acids is 1. The average molecular weight is 312 g/mol. The summed E-state index contributed by atoms with van der Waals surface area (Å²) in [5.41, 5.74) is 1.26. The molecule has 0 radical (unpaired) electrons. The first-order valence-electron chi connectivity index (χ1n) is 6.73. The lowest BCUT2D eigenvalue weighted by molar-refractivity contribution is -0.138. The van der Waals surface area contributed by atoms with Crippen LogP contribution in [0.2, 0.25) is 0 Å². The SMILES string of the molecule is COc1ccc(CSC2CSCCC2CC(=O)O)cc1. The number of methoxy groups -OCH3 is 1. The van der Waals surface area contributed by atoms with E-state index in [4.69, 9.17) is 9.84 Å². The minimum Gasteiger partial charge on any atom is -0.497 e. The van der Waals surface area contributed by atoms with Gasteiger partial charge in [0.05, 0.1) is 7.11 Å². The molecule has 0 amide bonds. The summed E-state index contributed by atoms with van der Waals surface area (Å²) in [4.78, 5) is 10.9. The van der Waals surface area contributed by atoms with E-state index in [1.807, 2.05) is 35.7 Å². The summed E-state index contributed by atoms with van der Waals surface area (Å²) in [5.74, 6) is 3.62. The molecule has 1 fully saturated rings. The molecule has 1 aromatic rings. The van der Waals surface area contributed by atoms with Gasteiger partial charge < -0.3 is 9.84 Å². The van der Waals surface area contributed by atoms with E-state index in [2.05, 4.69) is 12.1 Å². The van der Waals surface area contributed by atoms with Crippen molar-refractivity contribution in [3.63, 3.8) is 0 Å². The van der Waals surface area contributed by atoms with Crippen LogP contribution in [0.15, 0.2) is 24.3 Å². The quantitative estimate of drug-likeness (QED) is 0.871. The molecule has 1 saturated heterocycles. The second kappa shape index (κ2) is 7.84. The second-order valence-electron chi connectivity index (χ2n) is 4.92. The Balaban J connectivity index is 1.88. The molecule has 1 aromatic carbocycles. The van der Waals surface area contributed by atoms with Crippen LogP contribution in [0.5, 0.6) is 5.75 Å².